The van der Waals surface area contributed by atoms with Crippen molar-refractivity contribution in [3.05, 3.63) is 42.0 Å². The highest BCUT2D eigenvalue weighted by Crippen LogP contribution is 2.31. The number of para-hydroxylation sites is 1. The predicted octanol–water partition coefficient (Wildman–Crippen LogP) is 3.12. The Morgan fingerprint density at radius 1 is 1.16 bits per heavy atom. The summed E-state index contributed by atoms with van der Waals surface area (Å²) in [7, 11) is 0. The first-order valence-electron chi connectivity index (χ1n) is 7.12. The summed E-state index contributed by atoms with van der Waals surface area (Å²) in [5, 5.41) is 10.8. The van der Waals surface area contributed by atoms with Gasteiger partial charge >= 0.3 is 0 Å². The SMILES string of the molecule is c1ccc(NCCc2nc(C3CCCC3)n[nH]2)cc1. The van der Waals surface area contributed by atoms with E-state index in [0.29, 0.717) is 5.92 Å². The minimum Gasteiger partial charge on any atom is -0.385 e. The highest BCUT2D eigenvalue weighted by atomic mass is 15.2. The van der Waals surface area contributed by atoms with Crippen LogP contribution in [0.15, 0.2) is 30.3 Å². The maximum atomic E-state index is 4.62. The Bertz CT molecular complexity index is 500. The molecule has 2 aromatic rings. The van der Waals surface area contributed by atoms with Gasteiger partial charge in [-0.15, -0.1) is 0 Å². The summed E-state index contributed by atoms with van der Waals surface area (Å²) < 4.78 is 0. The van der Waals surface area contributed by atoms with Gasteiger partial charge in [0.25, 0.3) is 0 Å². The molecular formula is C15H20N4. The summed E-state index contributed by atoms with van der Waals surface area (Å²) in [6.45, 7) is 0.878. The Labute approximate surface area is 113 Å². The van der Waals surface area contributed by atoms with Gasteiger partial charge in [0.1, 0.15) is 5.82 Å². The molecule has 1 fully saturated rings. The molecule has 1 aromatic carbocycles. The smallest absolute Gasteiger partial charge is 0.153 e. The molecule has 19 heavy (non-hydrogen) atoms. The average Bonchev–Trinajstić information content (AvgIpc) is 3.10. The van der Waals surface area contributed by atoms with Crippen LogP contribution in [0, 0.1) is 0 Å². The highest BCUT2D eigenvalue weighted by molar-refractivity contribution is 5.42. The quantitative estimate of drug-likeness (QED) is 0.864. The third-order valence-corrected chi connectivity index (χ3v) is 3.73. The fourth-order valence-electron chi connectivity index (χ4n) is 2.67. The highest BCUT2D eigenvalue weighted by Gasteiger charge is 2.20. The summed E-state index contributed by atoms with van der Waals surface area (Å²) in [5.74, 6) is 2.60. The van der Waals surface area contributed by atoms with Gasteiger partial charge in [-0.2, -0.15) is 5.10 Å². The monoisotopic (exact) mass is 256 g/mol. The van der Waals surface area contributed by atoms with Crippen molar-refractivity contribution in [1.82, 2.24) is 15.2 Å². The summed E-state index contributed by atoms with van der Waals surface area (Å²) in [6.07, 6.45) is 6.03. The average molecular weight is 256 g/mol. The lowest BCUT2D eigenvalue weighted by molar-refractivity contribution is 0.671. The van der Waals surface area contributed by atoms with Crippen molar-refractivity contribution in [2.75, 3.05) is 11.9 Å². The zero-order valence-electron chi connectivity index (χ0n) is 11.1. The van der Waals surface area contributed by atoms with Crippen LogP contribution in [0.5, 0.6) is 0 Å². The van der Waals surface area contributed by atoms with Crippen LogP contribution in [0.3, 0.4) is 0 Å². The van der Waals surface area contributed by atoms with Crippen LogP contribution in [0.25, 0.3) is 0 Å². The Morgan fingerprint density at radius 2 is 1.95 bits per heavy atom. The van der Waals surface area contributed by atoms with Gasteiger partial charge in [0.2, 0.25) is 0 Å². The molecule has 0 unspecified atom stereocenters. The lowest BCUT2D eigenvalue weighted by Crippen LogP contribution is -2.06. The van der Waals surface area contributed by atoms with E-state index in [1.165, 1.54) is 25.7 Å². The number of nitrogens with zero attached hydrogens (tertiary/aromatic N) is 2. The lowest BCUT2D eigenvalue weighted by atomic mass is 10.1. The topological polar surface area (TPSA) is 53.6 Å². The first kappa shape index (κ1) is 12.2. The number of hydrogen-bond acceptors (Lipinski definition) is 3. The van der Waals surface area contributed by atoms with E-state index in [1.54, 1.807) is 0 Å². The van der Waals surface area contributed by atoms with Crippen molar-refractivity contribution >= 4 is 5.69 Å². The van der Waals surface area contributed by atoms with E-state index in [4.69, 9.17) is 0 Å². The molecule has 0 spiro atoms. The third-order valence-electron chi connectivity index (χ3n) is 3.73. The van der Waals surface area contributed by atoms with E-state index < -0.39 is 0 Å². The standard InChI is InChI=1S/C15H20N4/c1-2-8-13(9-3-1)16-11-10-14-17-15(19-18-14)12-6-4-5-7-12/h1-3,8-9,12,16H,4-7,10-11H2,(H,17,18,19). The van der Waals surface area contributed by atoms with Gasteiger partial charge in [0.05, 0.1) is 0 Å². The molecule has 4 nitrogen and oxygen atoms in total. The molecule has 1 saturated carbocycles. The van der Waals surface area contributed by atoms with Gasteiger partial charge in [-0.3, -0.25) is 5.10 Å². The number of rotatable bonds is 5. The molecule has 2 N–H and O–H groups in total. The Balaban J connectivity index is 1.50. The van der Waals surface area contributed by atoms with Crippen molar-refractivity contribution in [3.8, 4) is 0 Å². The van der Waals surface area contributed by atoms with E-state index >= 15 is 0 Å². The molecule has 1 aliphatic rings. The van der Waals surface area contributed by atoms with Gasteiger partial charge in [-0.05, 0) is 25.0 Å². The van der Waals surface area contributed by atoms with Gasteiger partial charge < -0.3 is 5.32 Å². The van der Waals surface area contributed by atoms with Crippen LogP contribution in [0.2, 0.25) is 0 Å². The number of aromatic nitrogens is 3. The summed E-state index contributed by atoms with van der Waals surface area (Å²) >= 11 is 0. The summed E-state index contributed by atoms with van der Waals surface area (Å²) in [4.78, 5) is 4.62. The second-order valence-corrected chi connectivity index (χ2v) is 5.16. The molecule has 3 rings (SSSR count). The van der Waals surface area contributed by atoms with Crippen LogP contribution in [0.1, 0.15) is 43.3 Å². The molecule has 1 aliphatic carbocycles. The van der Waals surface area contributed by atoms with Crippen molar-refractivity contribution < 1.29 is 0 Å². The molecular weight excluding hydrogens is 236 g/mol. The fourth-order valence-corrected chi connectivity index (χ4v) is 2.67. The maximum absolute atomic E-state index is 4.62. The lowest BCUT2D eigenvalue weighted by Gasteiger charge is -2.04. The minimum absolute atomic E-state index is 0.590. The molecule has 0 amide bonds. The molecule has 1 aromatic heterocycles. The number of aromatic amines is 1. The van der Waals surface area contributed by atoms with Crippen LogP contribution in [0.4, 0.5) is 5.69 Å². The van der Waals surface area contributed by atoms with E-state index in [-0.39, 0.29) is 0 Å². The molecule has 0 bridgehead atoms. The zero-order valence-corrected chi connectivity index (χ0v) is 11.1. The normalized spacial score (nSPS) is 15.8. The Hall–Kier alpha value is -1.84. The largest absolute Gasteiger partial charge is 0.385 e. The van der Waals surface area contributed by atoms with Crippen LogP contribution in [-0.4, -0.2) is 21.7 Å². The van der Waals surface area contributed by atoms with Crippen LogP contribution >= 0.6 is 0 Å². The molecule has 1 heterocycles. The van der Waals surface area contributed by atoms with Gasteiger partial charge in [0.15, 0.2) is 5.82 Å². The second kappa shape index (κ2) is 5.87. The Kier molecular flexibility index (Phi) is 3.77. The first-order valence-corrected chi connectivity index (χ1v) is 7.12. The number of hydrogen-bond donors (Lipinski definition) is 2. The molecule has 0 radical (unpaired) electrons. The summed E-state index contributed by atoms with van der Waals surface area (Å²) in [6, 6.07) is 10.2. The van der Waals surface area contributed by atoms with Gasteiger partial charge in [-0.1, -0.05) is 31.0 Å². The molecule has 0 saturated heterocycles. The molecule has 0 aliphatic heterocycles. The van der Waals surface area contributed by atoms with E-state index in [9.17, 15) is 0 Å². The summed E-state index contributed by atoms with van der Waals surface area (Å²) in [5.41, 5.74) is 1.15. The maximum Gasteiger partial charge on any atom is 0.153 e. The Morgan fingerprint density at radius 3 is 2.74 bits per heavy atom. The van der Waals surface area contributed by atoms with E-state index in [0.717, 1.165) is 30.3 Å². The van der Waals surface area contributed by atoms with Crippen LogP contribution < -0.4 is 5.32 Å². The van der Waals surface area contributed by atoms with E-state index in [1.807, 2.05) is 18.2 Å². The number of benzene rings is 1. The molecule has 4 heteroatoms. The third kappa shape index (κ3) is 3.13. The first-order chi connectivity index (χ1) is 9.42. The minimum atomic E-state index is 0.590. The number of nitrogens with one attached hydrogen (secondary N) is 2. The van der Waals surface area contributed by atoms with Gasteiger partial charge in [-0.25, -0.2) is 4.98 Å². The van der Waals surface area contributed by atoms with Crippen molar-refractivity contribution in [2.45, 2.75) is 38.0 Å². The van der Waals surface area contributed by atoms with Gasteiger partial charge in [0, 0.05) is 24.6 Å². The van der Waals surface area contributed by atoms with Crippen molar-refractivity contribution in [3.63, 3.8) is 0 Å². The fraction of sp³-hybridized carbons (Fsp3) is 0.467. The number of H-pyrrole nitrogens is 1. The molecule has 100 valence electrons. The van der Waals surface area contributed by atoms with Crippen molar-refractivity contribution in [1.29, 1.82) is 0 Å². The predicted molar refractivity (Wildman–Crippen MR) is 76.2 cm³/mol. The van der Waals surface area contributed by atoms with Crippen LogP contribution in [-0.2, 0) is 6.42 Å². The second-order valence-electron chi connectivity index (χ2n) is 5.16. The zero-order chi connectivity index (χ0) is 12.9. The number of anilines is 1. The van der Waals surface area contributed by atoms with E-state index in [2.05, 4.69) is 32.6 Å². The molecule has 0 atom stereocenters. The van der Waals surface area contributed by atoms with Crippen molar-refractivity contribution in [2.24, 2.45) is 0 Å².